The lowest BCUT2D eigenvalue weighted by molar-refractivity contribution is -0.301. The van der Waals surface area contributed by atoms with Crippen molar-refractivity contribution in [3.63, 3.8) is 0 Å². The number of aliphatic hydroxyl groups excluding tert-OH is 3. The van der Waals surface area contributed by atoms with Gasteiger partial charge in [0.25, 0.3) is 0 Å². The van der Waals surface area contributed by atoms with Gasteiger partial charge in [0.15, 0.2) is 6.29 Å². The fourth-order valence-electron chi connectivity index (χ4n) is 8.97. The summed E-state index contributed by atoms with van der Waals surface area (Å²) in [6, 6.07) is 0. The first kappa shape index (κ1) is 68.1. The maximum absolute atomic E-state index is 13.0. The van der Waals surface area contributed by atoms with Crippen molar-refractivity contribution >= 4 is 16.4 Å². The van der Waals surface area contributed by atoms with Gasteiger partial charge in [0.2, 0.25) is 0 Å². The molecule has 0 aliphatic carbocycles. The van der Waals surface area contributed by atoms with Gasteiger partial charge in [-0.25, -0.2) is 4.18 Å². The number of carbonyl (C=O) groups is 1. The first-order valence-corrected chi connectivity index (χ1v) is 30.8. The molecule has 72 heavy (non-hydrogen) atoms. The zero-order valence-electron chi connectivity index (χ0n) is 45.7. The highest BCUT2D eigenvalue weighted by Gasteiger charge is 2.48. The van der Waals surface area contributed by atoms with Crippen molar-refractivity contribution in [1.82, 2.24) is 0 Å². The van der Waals surface area contributed by atoms with Gasteiger partial charge in [-0.1, -0.05) is 223 Å². The Morgan fingerprint density at radius 3 is 1.35 bits per heavy atom. The van der Waals surface area contributed by atoms with Crippen LogP contribution in [0.2, 0.25) is 0 Å². The molecule has 0 aromatic rings. The van der Waals surface area contributed by atoms with Crippen LogP contribution in [0.1, 0.15) is 258 Å². The zero-order valence-corrected chi connectivity index (χ0v) is 46.6. The van der Waals surface area contributed by atoms with Crippen LogP contribution in [-0.4, -0.2) is 97.5 Å². The predicted octanol–water partition coefficient (Wildman–Crippen LogP) is 14.6. The Morgan fingerprint density at radius 1 is 0.528 bits per heavy atom. The van der Waals surface area contributed by atoms with Crippen LogP contribution in [0.3, 0.4) is 0 Å². The van der Waals surface area contributed by atoms with Crippen LogP contribution in [0, 0.1) is 0 Å². The van der Waals surface area contributed by atoms with Crippen LogP contribution in [-0.2, 0) is 38.3 Å². The molecule has 1 aliphatic heterocycles. The van der Waals surface area contributed by atoms with Gasteiger partial charge in [-0.05, 0) is 77.0 Å². The molecule has 1 rings (SSSR count). The molecule has 6 unspecified atom stereocenters. The van der Waals surface area contributed by atoms with E-state index in [1.54, 1.807) is 0 Å². The quantitative estimate of drug-likeness (QED) is 0.0196. The topological polar surface area (TPSA) is 178 Å². The van der Waals surface area contributed by atoms with E-state index < -0.39 is 59.8 Å². The highest BCUT2D eigenvalue weighted by molar-refractivity contribution is 7.80. The number of unbranched alkanes of at least 4 members (excludes halogenated alkanes) is 31. The third-order valence-electron chi connectivity index (χ3n) is 13.4. The van der Waals surface area contributed by atoms with Crippen molar-refractivity contribution < 1.29 is 56.2 Å². The molecular formula is C59H108O12S. The van der Waals surface area contributed by atoms with Gasteiger partial charge in [-0.15, -0.1) is 0 Å². The number of rotatable bonds is 52. The molecule has 0 aromatic carbocycles. The summed E-state index contributed by atoms with van der Waals surface area (Å²) in [5.74, 6) is -0.398. The van der Waals surface area contributed by atoms with Crippen LogP contribution in [0.4, 0.5) is 0 Å². The Kier molecular flexibility index (Phi) is 47.2. The van der Waals surface area contributed by atoms with Crippen LogP contribution in [0.25, 0.3) is 0 Å². The minimum Gasteiger partial charge on any atom is -0.457 e. The number of hydrogen-bond donors (Lipinski definition) is 4. The molecule has 0 bridgehead atoms. The molecule has 1 heterocycles. The molecule has 0 radical (unpaired) electrons. The highest BCUT2D eigenvalue weighted by Crippen LogP contribution is 2.26. The van der Waals surface area contributed by atoms with E-state index >= 15 is 0 Å². The Labute approximate surface area is 440 Å². The molecule has 1 fully saturated rings. The van der Waals surface area contributed by atoms with E-state index in [9.17, 15) is 33.1 Å². The predicted molar refractivity (Wildman–Crippen MR) is 294 cm³/mol. The fraction of sp³-hybridized carbons (Fsp3) is 0.847. The second kappa shape index (κ2) is 49.9. The summed E-state index contributed by atoms with van der Waals surface area (Å²) >= 11 is 0. The molecule has 4 N–H and O–H groups in total. The van der Waals surface area contributed by atoms with Crippen LogP contribution in [0.5, 0.6) is 0 Å². The van der Waals surface area contributed by atoms with Crippen LogP contribution < -0.4 is 0 Å². The zero-order chi connectivity index (χ0) is 52.4. The normalized spacial score (nSPS) is 19.2. The van der Waals surface area contributed by atoms with Crippen molar-refractivity contribution in [2.75, 3.05) is 26.4 Å². The van der Waals surface area contributed by atoms with E-state index in [1.807, 2.05) is 0 Å². The molecule has 0 aromatic heterocycles. The number of hydrogen-bond acceptors (Lipinski definition) is 11. The highest BCUT2D eigenvalue weighted by atomic mass is 32.3. The molecule has 0 amide bonds. The summed E-state index contributed by atoms with van der Waals surface area (Å²) in [5, 5.41) is 30.9. The van der Waals surface area contributed by atoms with E-state index in [-0.39, 0.29) is 19.6 Å². The summed E-state index contributed by atoms with van der Waals surface area (Å²) in [6.45, 7) is 3.99. The first-order valence-electron chi connectivity index (χ1n) is 29.4. The molecule has 1 aliphatic rings. The standard InChI is InChI=1S/C59H108O12S/c1-3-5-7-9-11-13-15-17-19-21-23-25-26-27-28-29-30-32-34-36-38-40-42-44-46-48-55(61)69-53(52-68-59-57(63)58(71-72(64,65)66)56(62)54(50-60)70-59)51-67-49-47-45-43-41-39-37-35-33-31-24-22-20-18-16-14-12-10-8-6-4-2/h12,14-15,17-18,20-21,23,53-54,56-60,62-63H,3-11,13,16,19,22,24-52H2,1-2H3,(H,64,65,66)/b14-12-,17-15-,20-18-,23-21-. The third kappa shape index (κ3) is 42.3. The lowest BCUT2D eigenvalue weighted by Gasteiger charge is -2.41. The number of ether oxygens (including phenoxy) is 4. The van der Waals surface area contributed by atoms with Gasteiger partial charge in [-0.2, -0.15) is 8.42 Å². The smallest absolute Gasteiger partial charge is 0.397 e. The van der Waals surface area contributed by atoms with Gasteiger partial charge in [0.1, 0.15) is 30.5 Å². The largest absolute Gasteiger partial charge is 0.457 e. The van der Waals surface area contributed by atoms with Crippen molar-refractivity contribution in [2.24, 2.45) is 0 Å². The Hall–Kier alpha value is -1.94. The molecule has 0 saturated carbocycles. The number of carbonyl (C=O) groups excluding carboxylic acids is 1. The van der Waals surface area contributed by atoms with Crippen LogP contribution in [0.15, 0.2) is 48.6 Å². The molecule has 6 atom stereocenters. The molecule has 1 saturated heterocycles. The molecular weight excluding hydrogens is 933 g/mol. The lowest BCUT2D eigenvalue weighted by atomic mass is 9.99. The fourth-order valence-corrected chi connectivity index (χ4v) is 9.48. The van der Waals surface area contributed by atoms with E-state index in [1.165, 1.54) is 180 Å². The maximum atomic E-state index is 13.0. The summed E-state index contributed by atoms with van der Waals surface area (Å²) in [5.41, 5.74) is 0. The Balaban J connectivity index is 2.28. The van der Waals surface area contributed by atoms with Crippen LogP contribution >= 0.6 is 0 Å². The monoisotopic (exact) mass is 1040 g/mol. The Morgan fingerprint density at radius 2 is 0.917 bits per heavy atom. The van der Waals surface area contributed by atoms with Gasteiger partial charge in [-0.3, -0.25) is 9.35 Å². The summed E-state index contributed by atoms with van der Waals surface area (Å²) < 4.78 is 59.5. The third-order valence-corrected chi connectivity index (χ3v) is 13.9. The van der Waals surface area contributed by atoms with E-state index in [0.29, 0.717) is 13.0 Å². The first-order chi connectivity index (χ1) is 35.1. The van der Waals surface area contributed by atoms with Crippen molar-refractivity contribution in [3.8, 4) is 0 Å². The van der Waals surface area contributed by atoms with E-state index in [4.69, 9.17) is 18.9 Å². The molecule has 0 spiro atoms. The maximum Gasteiger partial charge on any atom is 0.397 e. The van der Waals surface area contributed by atoms with Gasteiger partial charge >= 0.3 is 16.4 Å². The summed E-state index contributed by atoms with van der Waals surface area (Å²) in [4.78, 5) is 13.0. The molecule has 12 nitrogen and oxygen atoms in total. The van der Waals surface area contributed by atoms with E-state index in [2.05, 4.69) is 66.6 Å². The SMILES string of the molecule is CCCCC/C=C\C/C=C\CCCCCCCCCCCCOCC(COC1OC(CO)C(O)C(OS(=O)(=O)O)C1O)OC(=O)CCCCCCCCCCCCCCC/C=C\C/C=C\CCCCCCC. The van der Waals surface area contributed by atoms with Crippen molar-refractivity contribution in [1.29, 1.82) is 0 Å². The summed E-state index contributed by atoms with van der Waals surface area (Å²) in [7, 11) is -5.07. The van der Waals surface area contributed by atoms with Crippen molar-refractivity contribution in [2.45, 2.75) is 295 Å². The minimum atomic E-state index is -5.07. The summed E-state index contributed by atoms with van der Waals surface area (Å²) in [6.07, 6.45) is 54.3. The number of aliphatic hydroxyl groups is 3. The van der Waals surface area contributed by atoms with Gasteiger partial charge < -0.3 is 34.3 Å². The minimum absolute atomic E-state index is 0.0345. The van der Waals surface area contributed by atoms with Gasteiger partial charge in [0.05, 0.1) is 19.8 Å². The second-order valence-corrected chi connectivity index (χ2v) is 21.3. The average Bonchev–Trinajstić information content (AvgIpc) is 3.36. The number of esters is 1. The average molecular weight is 1040 g/mol. The molecule has 13 heteroatoms. The van der Waals surface area contributed by atoms with Gasteiger partial charge in [0, 0.05) is 13.0 Å². The Bertz CT molecular complexity index is 1430. The van der Waals surface area contributed by atoms with E-state index in [0.717, 1.165) is 51.4 Å². The second-order valence-electron chi connectivity index (χ2n) is 20.2. The lowest BCUT2D eigenvalue weighted by Crippen LogP contribution is -2.60. The number of allylic oxidation sites excluding steroid dienone is 8. The van der Waals surface area contributed by atoms with Crippen molar-refractivity contribution in [3.05, 3.63) is 48.6 Å². The molecule has 422 valence electrons.